The second kappa shape index (κ2) is 4.53. The van der Waals surface area contributed by atoms with Crippen molar-refractivity contribution in [3.63, 3.8) is 0 Å². The summed E-state index contributed by atoms with van der Waals surface area (Å²) in [5, 5.41) is 18.0. The molecule has 0 amide bonds. The van der Waals surface area contributed by atoms with Gasteiger partial charge in [0.25, 0.3) is 0 Å². The van der Waals surface area contributed by atoms with Crippen molar-refractivity contribution >= 4 is 34.5 Å². The molecule has 94 valence electrons. The highest BCUT2D eigenvalue weighted by molar-refractivity contribution is 6.33. The molecule has 0 saturated carbocycles. The zero-order chi connectivity index (χ0) is 13.3. The third-order valence-corrected chi connectivity index (χ3v) is 2.58. The van der Waals surface area contributed by atoms with Gasteiger partial charge < -0.3 is 11.1 Å². The molecule has 0 fully saturated rings. The molecule has 0 aliphatic heterocycles. The predicted octanol–water partition coefficient (Wildman–Crippen LogP) is 2.31. The van der Waals surface area contributed by atoms with Gasteiger partial charge in [0.15, 0.2) is 0 Å². The monoisotopic (exact) mass is 267 g/mol. The van der Waals surface area contributed by atoms with E-state index in [0.29, 0.717) is 16.4 Å². The number of hydrogen-bond donors (Lipinski definition) is 2. The smallest absolute Gasteiger partial charge is 0.331 e. The normalized spacial score (nSPS) is 10.3. The molecule has 3 N–H and O–H groups in total. The SMILES string of the molecule is Cn1cc([N+](=O)[O-])c(Nc2cc(N)ccc2Cl)n1. The molecular formula is C10H10ClN5O2. The number of nitrogens with zero attached hydrogens (tertiary/aromatic N) is 3. The van der Waals surface area contributed by atoms with Gasteiger partial charge in [0.05, 0.1) is 15.6 Å². The molecule has 0 unspecified atom stereocenters. The second-order valence-electron chi connectivity index (χ2n) is 3.66. The van der Waals surface area contributed by atoms with E-state index in [-0.39, 0.29) is 11.5 Å². The highest BCUT2D eigenvalue weighted by Crippen LogP contribution is 2.30. The summed E-state index contributed by atoms with van der Waals surface area (Å²) in [6.45, 7) is 0. The Morgan fingerprint density at radius 2 is 2.28 bits per heavy atom. The molecule has 2 rings (SSSR count). The molecule has 1 aromatic heterocycles. The Morgan fingerprint density at radius 1 is 1.56 bits per heavy atom. The zero-order valence-corrected chi connectivity index (χ0v) is 10.2. The number of rotatable bonds is 3. The van der Waals surface area contributed by atoms with E-state index in [1.54, 1.807) is 25.2 Å². The molecule has 0 aliphatic carbocycles. The summed E-state index contributed by atoms with van der Waals surface area (Å²) in [4.78, 5) is 10.3. The van der Waals surface area contributed by atoms with E-state index in [1.807, 2.05) is 0 Å². The van der Waals surface area contributed by atoms with Crippen LogP contribution in [-0.2, 0) is 7.05 Å². The number of anilines is 3. The Kier molecular flexibility index (Phi) is 3.07. The number of nitro groups is 1. The minimum atomic E-state index is -0.518. The summed E-state index contributed by atoms with van der Waals surface area (Å²) >= 11 is 5.96. The molecular weight excluding hydrogens is 258 g/mol. The number of nitrogens with two attached hydrogens (primary N) is 1. The molecule has 0 radical (unpaired) electrons. The van der Waals surface area contributed by atoms with Crippen LogP contribution in [-0.4, -0.2) is 14.7 Å². The summed E-state index contributed by atoms with van der Waals surface area (Å²) in [7, 11) is 1.60. The van der Waals surface area contributed by atoms with Crippen molar-refractivity contribution in [1.82, 2.24) is 9.78 Å². The maximum atomic E-state index is 10.8. The van der Waals surface area contributed by atoms with E-state index >= 15 is 0 Å². The van der Waals surface area contributed by atoms with E-state index in [2.05, 4.69) is 10.4 Å². The first-order chi connectivity index (χ1) is 8.47. The Balaban J connectivity index is 2.39. The van der Waals surface area contributed by atoms with Gasteiger partial charge in [-0.1, -0.05) is 11.6 Å². The van der Waals surface area contributed by atoms with Gasteiger partial charge in [-0.05, 0) is 18.2 Å². The molecule has 7 nitrogen and oxygen atoms in total. The molecule has 0 aliphatic rings. The Hall–Kier alpha value is -2.28. The zero-order valence-electron chi connectivity index (χ0n) is 9.42. The molecule has 0 saturated heterocycles. The highest BCUT2D eigenvalue weighted by Gasteiger charge is 2.19. The minimum Gasteiger partial charge on any atom is -0.399 e. The van der Waals surface area contributed by atoms with Gasteiger partial charge in [-0.15, -0.1) is 5.10 Å². The summed E-state index contributed by atoms with van der Waals surface area (Å²) in [5.41, 5.74) is 6.47. The summed E-state index contributed by atoms with van der Waals surface area (Å²) in [6.07, 6.45) is 1.31. The molecule has 0 bridgehead atoms. The van der Waals surface area contributed by atoms with Crippen LogP contribution in [0.2, 0.25) is 5.02 Å². The van der Waals surface area contributed by atoms with Gasteiger partial charge >= 0.3 is 5.69 Å². The van der Waals surface area contributed by atoms with Gasteiger partial charge in [0, 0.05) is 12.7 Å². The van der Waals surface area contributed by atoms with E-state index in [0.717, 1.165) is 0 Å². The maximum Gasteiger partial charge on any atom is 0.331 e. The van der Waals surface area contributed by atoms with Gasteiger partial charge in [0.2, 0.25) is 5.82 Å². The quantitative estimate of drug-likeness (QED) is 0.505. The van der Waals surface area contributed by atoms with Crippen molar-refractivity contribution in [2.24, 2.45) is 7.05 Å². The van der Waals surface area contributed by atoms with Crippen molar-refractivity contribution < 1.29 is 4.92 Å². The summed E-state index contributed by atoms with van der Waals surface area (Å²) in [6, 6.07) is 4.83. The Bertz CT molecular complexity index is 610. The number of aromatic nitrogens is 2. The minimum absolute atomic E-state index is 0.120. The number of nitrogen functional groups attached to an aromatic ring is 1. The molecule has 8 heteroatoms. The third-order valence-electron chi connectivity index (χ3n) is 2.25. The van der Waals surface area contributed by atoms with Crippen LogP contribution in [0, 0.1) is 10.1 Å². The molecule has 18 heavy (non-hydrogen) atoms. The topological polar surface area (TPSA) is 99.0 Å². The van der Waals surface area contributed by atoms with Gasteiger partial charge in [-0.3, -0.25) is 14.8 Å². The van der Waals surface area contributed by atoms with Crippen molar-refractivity contribution in [2.45, 2.75) is 0 Å². The van der Waals surface area contributed by atoms with Crippen LogP contribution in [0.25, 0.3) is 0 Å². The number of hydrogen-bond acceptors (Lipinski definition) is 5. The Labute approximate surface area is 107 Å². The number of halogens is 1. The molecule has 0 spiro atoms. The van der Waals surface area contributed by atoms with E-state index in [1.165, 1.54) is 10.9 Å². The van der Waals surface area contributed by atoms with Crippen LogP contribution in [0.4, 0.5) is 22.9 Å². The van der Waals surface area contributed by atoms with Crippen molar-refractivity contribution in [3.05, 3.63) is 39.5 Å². The predicted molar refractivity (Wildman–Crippen MR) is 69.0 cm³/mol. The summed E-state index contributed by atoms with van der Waals surface area (Å²) < 4.78 is 1.35. The largest absolute Gasteiger partial charge is 0.399 e. The van der Waals surface area contributed by atoms with Crippen LogP contribution >= 0.6 is 11.6 Å². The van der Waals surface area contributed by atoms with Crippen LogP contribution in [0.15, 0.2) is 24.4 Å². The van der Waals surface area contributed by atoms with Crippen LogP contribution in [0.1, 0.15) is 0 Å². The van der Waals surface area contributed by atoms with Crippen molar-refractivity contribution in [3.8, 4) is 0 Å². The lowest BCUT2D eigenvalue weighted by Gasteiger charge is -2.06. The molecule has 0 atom stereocenters. The lowest BCUT2D eigenvalue weighted by Crippen LogP contribution is -1.98. The molecule has 2 aromatic rings. The van der Waals surface area contributed by atoms with E-state index < -0.39 is 4.92 Å². The first kappa shape index (κ1) is 12.2. The van der Waals surface area contributed by atoms with Crippen molar-refractivity contribution in [2.75, 3.05) is 11.1 Å². The lowest BCUT2D eigenvalue weighted by molar-refractivity contribution is -0.384. The van der Waals surface area contributed by atoms with Crippen LogP contribution < -0.4 is 11.1 Å². The first-order valence-corrected chi connectivity index (χ1v) is 5.35. The third kappa shape index (κ3) is 2.35. The average Bonchev–Trinajstić information content (AvgIpc) is 2.65. The fourth-order valence-corrected chi connectivity index (χ4v) is 1.63. The fourth-order valence-electron chi connectivity index (χ4n) is 1.46. The maximum absolute atomic E-state index is 10.8. The number of benzene rings is 1. The van der Waals surface area contributed by atoms with Crippen LogP contribution in [0.3, 0.4) is 0 Å². The number of aryl methyl sites for hydroxylation is 1. The van der Waals surface area contributed by atoms with E-state index in [4.69, 9.17) is 17.3 Å². The highest BCUT2D eigenvalue weighted by atomic mass is 35.5. The lowest BCUT2D eigenvalue weighted by atomic mass is 10.3. The average molecular weight is 268 g/mol. The fraction of sp³-hybridized carbons (Fsp3) is 0.100. The first-order valence-electron chi connectivity index (χ1n) is 4.97. The van der Waals surface area contributed by atoms with E-state index in [9.17, 15) is 10.1 Å². The van der Waals surface area contributed by atoms with Crippen LogP contribution in [0.5, 0.6) is 0 Å². The Morgan fingerprint density at radius 3 is 2.94 bits per heavy atom. The van der Waals surface area contributed by atoms with Crippen molar-refractivity contribution in [1.29, 1.82) is 0 Å². The summed E-state index contributed by atoms with van der Waals surface area (Å²) in [5.74, 6) is 0.120. The standard InChI is InChI=1S/C10H10ClN5O2/c1-15-5-9(16(17)18)10(14-15)13-8-4-6(12)2-3-7(8)11/h2-5H,12H2,1H3,(H,13,14). The second-order valence-corrected chi connectivity index (χ2v) is 4.07. The number of nitrogens with one attached hydrogen (secondary N) is 1. The molecule has 1 aromatic carbocycles. The van der Waals surface area contributed by atoms with Gasteiger partial charge in [-0.2, -0.15) is 0 Å². The van der Waals surface area contributed by atoms with Gasteiger partial charge in [0.1, 0.15) is 6.20 Å². The molecule has 1 heterocycles. The van der Waals surface area contributed by atoms with Gasteiger partial charge in [-0.25, -0.2) is 0 Å².